The highest BCUT2D eigenvalue weighted by Gasteiger charge is 2.15. The van der Waals surface area contributed by atoms with E-state index in [0.717, 1.165) is 5.56 Å². The van der Waals surface area contributed by atoms with Crippen LogP contribution in [0.4, 0.5) is 5.82 Å². The second kappa shape index (κ2) is 6.93. The lowest BCUT2D eigenvalue weighted by Crippen LogP contribution is -2.15. The molecule has 0 radical (unpaired) electrons. The second-order valence-corrected chi connectivity index (χ2v) is 5.69. The van der Waals surface area contributed by atoms with E-state index in [2.05, 4.69) is 10.3 Å². The number of aromatic amines is 1. The first-order chi connectivity index (χ1) is 11.2. The summed E-state index contributed by atoms with van der Waals surface area (Å²) in [6.07, 6.45) is 0. The number of H-pyrrole nitrogens is 1. The third-order valence-electron chi connectivity index (χ3n) is 3.09. The van der Waals surface area contributed by atoms with Crippen LogP contribution in [-0.2, 0) is 6.61 Å². The molecule has 0 aliphatic carbocycles. The quantitative estimate of drug-likeness (QED) is 0.756. The van der Waals surface area contributed by atoms with E-state index in [1.165, 1.54) is 17.4 Å². The number of thiophene rings is 1. The number of aromatic nitrogens is 1. The third kappa shape index (κ3) is 3.87. The van der Waals surface area contributed by atoms with Crippen molar-refractivity contribution in [2.24, 2.45) is 0 Å². The van der Waals surface area contributed by atoms with E-state index in [9.17, 15) is 9.59 Å². The highest BCUT2D eigenvalue weighted by Crippen LogP contribution is 2.26. The molecule has 0 saturated heterocycles. The van der Waals surface area contributed by atoms with Crippen molar-refractivity contribution in [3.63, 3.8) is 0 Å². The molecule has 1 amide bonds. The van der Waals surface area contributed by atoms with Gasteiger partial charge in [0.25, 0.3) is 5.91 Å². The molecule has 6 heteroatoms. The second-order valence-electron chi connectivity index (χ2n) is 4.77. The number of rotatable bonds is 5. The zero-order valence-corrected chi connectivity index (χ0v) is 12.9. The van der Waals surface area contributed by atoms with Crippen molar-refractivity contribution in [2.45, 2.75) is 6.61 Å². The van der Waals surface area contributed by atoms with Crippen molar-refractivity contribution < 1.29 is 9.53 Å². The van der Waals surface area contributed by atoms with Crippen molar-refractivity contribution in [3.05, 3.63) is 80.8 Å². The Morgan fingerprint density at radius 3 is 2.70 bits per heavy atom. The van der Waals surface area contributed by atoms with Crippen LogP contribution >= 0.6 is 11.3 Å². The van der Waals surface area contributed by atoms with Gasteiger partial charge in [-0.25, -0.2) is 0 Å². The Hall–Kier alpha value is -2.86. The van der Waals surface area contributed by atoms with Gasteiger partial charge in [-0.3, -0.25) is 9.59 Å². The molecule has 1 aromatic carbocycles. The molecule has 23 heavy (non-hydrogen) atoms. The Labute approximate surface area is 136 Å². The highest BCUT2D eigenvalue weighted by molar-refractivity contribution is 7.12. The van der Waals surface area contributed by atoms with Crippen LogP contribution in [0.2, 0.25) is 0 Å². The van der Waals surface area contributed by atoms with Crippen LogP contribution < -0.4 is 15.6 Å². The molecule has 2 aromatic heterocycles. The number of carbonyl (C=O) groups is 1. The third-order valence-corrected chi connectivity index (χ3v) is 3.98. The van der Waals surface area contributed by atoms with Crippen LogP contribution in [0.25, 0.3) is 0 Å². The molecule has 0 atom stereocenters. The number of benzene rings is 1. The molecule has 2 heterocycles. The number of pyridine rings is 1. The minimum absolute atomic E-state index is 0.269. The van der Waals surface area contributed by atoms with Crippen molar-refractivity contribution >= 4 is 23.1 Å². The van der Waals surface area contributed by atoms with Gasteiger partial charge in [-0.05, 0) is 23.1 Å². The number of carbonyl (C=O) groups excluding carboxylic acids is 1. The number of amides is 1. The zero-order chi connectivity index (χ0) is 16.1. The predicted octanol–water partition coefficient (Wildman–Crippen LogP) is 3.27. The standard InChI is InChI=1S/C17H14N2O3S/c20-15-8-4-7-14(18-15)19-17(21)16-13(9-10-23-16)22-11-12-5-2-1-3-6-12/h1-10H,11H2,(H2,18,19,20,21). The number of hydrogen-bond donors (Lipinski definition) is 2. The average molecular weight is 326 g/mol. The molecule has 2 N–H and O–H groups in total. The molecule has 0 aliphatic rings. The Kier molecular flexibility index (Phi) is 4.54. The van der Waals surface area contributed by atoms with Gasteiger partial charge in [-0.2, -0.15) is 0 Å². The number of ether oxygens (including phenoxy) is 1. The maximum atomic E-state index is 12.3. The maximum absolute atomic E-state index is 12.3. The fraction of sp³-hybridized carbons (Fsp3) is 0.0588. The number of nitrogens with one attached hydrogen (secondary N) is 2. The van der Waals surface area contributed by atoms with Crippen LogP contribution in [0.1, 0.15) is 15.2 Å². The van der Waals surface area contributed by atoms with E-state index in [0.29, 0.717) is 23.1 Å². The summed E-state index contributed by atoms with van der Waals surface area (Å²) in [6.45, 7) is 0.389. The summed E-state index contributed by atoms with van der Waals surface area (Å²) in [5, 5.41) is 4.45. The summed E-state index contributed by atoms with van der Waals surface area (Å²) in [7, 11) is 0. The minimum atomic E-state index is -0.315. The van der Waals surface area contributed by atoms with Gasteiger partial charge in [-0.1, -0.05) is 36.4 Å². The smallest absolute Gasteiger partial charge is 0.270 e. The van der Waals surface area contributed by atoms with Crippen molar-refractivity contribution in [2.75, 3.05) is 5.32 Å². The summed E-state index contributed by atoms with van der Waals surface area (Å²) < 4.78 is 5.72. The first-order valence-corrected chi connectivity index (χ1v) is 7.85. The van der Waals surface area contributed by atoms with Gasteiger partial charge >= 0.3 is 0 Å². The van der Waals surface area contributed by atoms with Crippen LogP contribution in [-0.4, -0.2) is 10.9 Å². The van der Waals surface area contributed by atoms with Gasteiger partial charge in [0, 0.05) is 6.07 Å². The molecule has 0 saturated carbocycles. The molecule has 5 nitrogen and oxygen atoms in total. The summed E-state index contributed by atoms with van der Waals surface area (Å²) in [6, 6.07) is 16.1. The fourth-order valence-electron chi connectivity index (χ4n) is 2.01. The van der Waals surface area contributed by atoms with Gasteiger partial charge in [0.05, 0.1) is 0 Å². The SMILES string of the molecule is O=C(Nc1cccc(=O)[nH]1)c1sccc1OCc1ccccc1. The molecule has 3 aromatic rings. The molecule has 0 spiro atoms. The molecular formula is C17H14N2O3S. The Balaban J connectivity index is 1.70. The number of hydrogen-bond acceptors (Lipinski definition) is 4. The van der Waals surface area contributed by atoms with Crippen LogP contribution in [0.5, 0.6) is 5.75 Å². The molecule has 0 bridgehead atoms. The normalized spacial score (nSPS) is 10.3. The summed E-state index contributed by atoms with van der Waals surface area (Å²) in [5.41, 5.74) is 0.756. The van der Waals surface area contributed by atoms with E-state index in [4.69, 9.17) is 4.74 Å². The lowest BCUT2D eigenvalue weighted by molar-refractivity contribution is 0.102. The van der Waals surface area contributed by atoms with Crippen LogP contribution in [0.3, 0.4) is 0 Å². The first kappa shape index (κ1) is 15.1. The van der Waals surface area contributed by atoms with E-state index >= 15 is 0 Å². The Morgan fingerprint density at radius 1 is 1.09 bits per heavy atom. The van der Waals surface area contributed by atoms with E-state index in [1.807, 2.05) is 30.3 Å². The molecule has 116 valence electrons. The van der Waals surface area contributed by atoms with Gasteiger partial charge < -0.3 is 15.0 Å². The van der Waals surface area contributed by atoms with E-state index < -0.39 is 0 Å². The lowest BCUT2D eigenvalue weighted by atomic mass is 10.2. The maximum Gasteiger partial charge on any atom is 0.270 e. The zero-order valence-electron chi connectivity index (χ0n) is 12.1. The Bertz CT molecular complexity index is 855. The first-order valence-electron chi connectivity index (χ1n) is 6.97. The molecule has 3 rings (SSSR count). The fourth-order valence-corrected chi connectivity index (χ4v) is 2.74. The largest absolute Gasteiger partial charge is 0.487 e. The predicted molar refractivity (Wildman–Crippen MR) is 90.1 cm³/mol. The van der Waals surface area contributed by atoms with Crippen LogP contribution in [0.15, 0.2) is 64.8 Å². The monoisotopic (exact) mass is 326 g/mol. The van der Waals surface area contributed by atoms with Crippen molar-refractivity contribution in [3.8, 4) is 5.75 Å². The van der Waals surface area contributed by atoms with Gasteiger partial charge in [0.2, 0.25) is 5.56 Å². The van der Waals surface area contributed by atoms with Gasteiger partial charge in [0.15, 0.2) is 0 Å². The molecule has 0 fully saturated rings. The summed E-state index contributed by atoms with van der Waals surface area (Å²) in [4.78, 5) is 26.6. The van der Waals surface area contributed by atoms with E-state index in [-0.39, 0.29) is 11.5 Å². The summed E-state index contributed by atoms with van der Waals surface area (Å²) in [5.74, 6) is 0.560. The molecule has 0 unspecified atom stereocenters. The molecular weight excluding hydrogens is 312 g/mol. The van der Waals surface area contributed by atoms with Gasteiger partial charge in [-0.15, -0.1) is 11.3 Å². The summed E-state index contributed by atoms with van der Waals surface area (Å²) >= 11 is 1.29. The Morgan fingerprint density at radius 2 is 1.91 bits per heavy atom. The lowest BCUT2D eigenvalue weighted by Gasteiger charge is -2.08. The number of anilines is 1. The molecule has 0 aliphatic heterocycles. The van der Waals surface area contributed by atoms with Gasteiger partial charge in [0.1, 0.15) is 23.1 Å². The van der Waals surface area contributed by atoms with Crippen LogP contribution in [0, 0.1) is 0 Å². The van der Waals surface area contributed by atoms with E-state index in [1.54, 1.807) is 23.6 Å². The van der Waals surface area contributed by atoms with Crippen molar-refractivity contribution in [1.82, 2.24) is 4.98 Å². The van der Waals surface area contributed by atoms with Crippen molar-refractivity contribution in [1.29, 1.82) is 0 Å². The topological polar surface area (TPSA) is 71.2 Å². The average Bonchev–Trinajstić information content (AvgIpc) is 3.02. The highest BCUT2D eigenvalue weighted by atomic mass is 32.1. The minimum Gasteiger partial charge on any atom is -0.487 e.